The number of pyridine rings is 1. The summed E-state index contributed by atoms with van der Waals surface area (Å²) in [6.45, 7) is 1.89. The van der Waals surface area contributed by atoms with Crippen LogP contribution < -0.4 is 4.74 Å². The van der Waals surface area contributed by atoms with Crippen LogP contribution in [0, 0.1) is 6.92 Å². The summed E-state index contributed by atoms with van der Waals surface area (Å²) < 4.78 is 10.7. The molecule has 0 atom stereocenters. The number of ether oxygens (including phenoxy) is 1. The molecule has 0 aliphatic carbocycles. The zero-order valence-corrected chi connectivity index (χ0v) is 13.7. The molecule has 2 aromatic heterocycles. The van der Waals surface area contributed by atoms with Crippen molar-refractivity contribution in [1.29, 1.82) is 0 Å². The van der Waals surface area contributed by atoms with Gasteiger partial charge in [0.05, 0.1) is 7.11 Å². The minimum Gasteiger partial charge on any atom is -0.496 e. The molecule has 0 aliphatic heterocycles. The lowest BCUT2D eigenvalue weighted by atomic mass is 10.1. The summed E-state index contributed by atoms with van der Waals surface area (Å²) in [4.78, 5) is 16.3. The summed E-state index contributed by atoms with van der Waals surface area (Å²) in [6.07, 6.45) is 2.46. The summed E-state index contributed by atoms with van der Waals surface area (Å²) in [5.41, 5.74) is 3.07. The quantitative estimate of drug-likeness (QED) is 0.645. The van der Waals surface area contributed by atoms with Gasteiger partial charge in [0.2, 0.25) is 0 Å². The molecule has 0 N–H and O–H groups in total. The highest BCUT2D eigenvalue weighted by molar-refractivity contribution is 5.95. The largest absolute Gasteiger partial charge is 0.496 e. The lowest BCUT2D eigenvalue weighted by molar-refractivity contribution is 0.0980. The number of rotatable bonds is 6. The van der Waals surface area contributed by atoms with Crippen LogP contribution in [0.3, 0.4) is 0 Å². The Morgan fingerprint density at radius 1 is 1.21 bits per heavy atom. The molecular weight excluding hydrogens is 304 g/mol. The minimum atomic E-state index is 0.0396. The predicted molar refractivity (Wildman–Crippen MR) is 90.1 cm³/mol. The topological polar surface area (TPSA) is 65.2 Å². The normalized spacial score (nSPS) is 10.6. The predicted octanol–water partition coefficient (Wildman–Crippen LogP) is 3.87. The first kappa shape index (κ1) is 15.9. The van der Waals surface area contributed by atoms with Crippen LogP contribution in [0.4, 0.5) is 0 Å². The van der Waals surface area contributed by atoms with Crippen molar-refractivity contribution in [3.8, 4) is 17.0 Å². The monoisotopic (exact) mass is 322 g/mol. The standard InChI is InChI=1S/C19H18N2O3/c1-13-7-8-14(12-20-13)18(22)10-9-15-11-17(21-24-15)16-5-3-4-6-19(16)23-2/h3-8,11-12H,9-10H2,1-2H3. The maximum atomic E-state index is 12.2. The van der Waals surface area contributed by atoms with Gasteiger partial charge in [-0.25, -0.2) is 0 Å². The number of aromatic nitrogens is 2. The molecule has 0 spiro atoms. The van der Waals surface area contributed by atoms with E-state index in [1.165, 1.54) is 0 Å². The molecule has 0 amide bonds. The number of ketones is 1. The Balaban J connectivity index is 1.68. The van der Waals surface area contributed by atoms with Crippen LogP contribution in [0.2, 0.25) is 0 Å². The van der Waals surface area contributed by atoms with E-state index in [0.717, 1.165) is 17.0 Å². The molecule has 0 radical (unpaired) electrons. The van der Waals surface area contributed by atoms with E-state index in [1.807, 2.05) is 43.3 Å². The van der Waals surface area contributed by atoms with Crippen LogP contribution >= 0.6 is 0 Å². The molecule has 0 bridgehead atoms. The number of benzene rings is 1. The molecule has 5 nitrogen and oxygen atoms in total. The SMILES string of the molecule is COc1ccccc1-c1cc(CCC(=O)c2ccc(C)nc2)on1. The summed E-state index contributed by atoms with van der Waals surface area (Å²) >= 11 is 0. The van der Waals surface area contributed by atoms with Gasteiger partial charge in [-0.3, -0.25) is 9.78 Å². The van der Waals surface area contributed by atoms with Gasteiger partial charge in [-0.15, -0.1) is 0 Å². The molecule has 0 aliphatic rings. The number of carbonyl (C=O) groups excluding carboxylic acids is 1. The number of aryl methyl sites for hydroxylation is 2. The van der Waals surface area contributed by atoms with Gasteiger partial charge in [0, 0.05) is 41.9 Å². The fraction of sp³-hybridized carbons (Fsp3) is 0.211. The van der Waals surface area contributed by atoms with Gasteiger partial charge >= 0.3 is 0 Å². The molecular formula is C19H18N2O3. The van der Waals surface area contributed by atoms with Crippen molar-refractivity contribution in [3.63, 3.8) is 0 Å². The fourth-order valence-corrected chi connectivity index (χ4v) is 2.43. The van der Waals surface area contributed by atoms with Crippen LogP contribution in [-0.4, -0.2) is 23.0 Å². The maximum absolute atomic E-state index is 12.2. The highest BCUT2D eigenvalue weighted by Gasteiger charge is 2.13. The van der Waals surface area contributed by atoms with E-state index < -0.39 is 0 Å². The third-order valence-corrected chi connectivity index (χ3v) is 3.77. The van der Waals surface area contributed by atoms with Crippen LogP contribution in [-0.2, 0) is 6.42 Å². The number of Topliss-reactive ketones (excluding diaryl/α,β-unsaturated/α-hetero) is 1. The second kappa shape index (κ2) is 7.08. The van der Waals surface area contributed by atoms with Gasteiger partial charge in [-0.05, 0) is 31.2 Å². The zero-order valence-electron chi connectivity index (χ0n) is 13.7. The summed E-state index contributed by atoms with van der Waals surface area (Å²) in [5.74, 6) is 1.45. The van der Waals surface area contributed by atoms with Crippen molar-refractivity contribution < 1.29 is 14.1 Å². The minimum absolute atomic E-state index is 0.0396. The van der Waals surface area contributed by atoms with E-state index in [0.29, 0.717) is 29.9 Å². The lowest BCUT2D eigenvalue weighted by Gasteiger charge is -2.03. The van der Waals surface area contributed by atoms with Crippen LogP contribution in [0.1, 0.15) is 28.2 Å². The second-order valence-electron chi connectivity index (χ2n) is 5.49. The van der Waals surface area contributed by atoms with Crippen LogP contribution in [0.25, 0.3) is 11.3 Å². The van der Waals surface area contributed by atoms with Gasteiger partial charge in [-0.1, -0.05) is 17.3 Å². The Morgan fingerprint density at radius 3 is 2.79 bits per heavy atom. The van der Waals surface area contributed by atoms with E-state index in [4.69, 9.17) is 9.26 Å². The van der Waals surface area contributed by atoms with Crippen LogP contribution in [0.5, 0.6) is 5.75 Å². The Morgan fingerprint density at radius 2 is 2.04 bits per heavy atom. The summed E-state index contributed by atoms with van der Waals surface area (Å²) in [6, 6.07) is 13.1. The highest BCUT2D eigenvalue weighted by Crippen LogP contribution is 2.29. The first-order valence-corrected chi connectivity index (χ1v) is 7.72. The van der Waals surface area contributed by atoms with Gasteiger partial charge < -0.3 is 9.26 Å². The van der Waals surface area contributed by atoms with Crippen LogP contribution in [0.15, 0.2) is 53.2 Å². The first-order valence-electron chi connectivity index (χ1n) is 7.72. The molecule has 0 saturated heterocycles. The van der Waals surface area contributed by atoms with Gasteiger partial charge in [0.15, 0.2) is 5.78 Å². The van der Waals surface area contributed by atoms with Crippen molar-refractivity contribution in [2.75, 3.05) is 7.11 Å². The Hall–Kier alpha value is -2.95. The van der Waals surface area contributed by atoms with E-state index in [2.05, 4.69) is 10.1 Å². The van der Waals surface area contributed by atoms with Crippen molar-refractivity contribution in [3.05, 3.63) is 65.7 Å². The molecule has 5 heteroatoms. The van der Waals surface area contributed by atoms with Gasteiger partial charge in [0.1, 0.15) is 17.2 Å². The third kappa shape index (κ3) is 3.51. The molecule has 24 heavy (non-hydrogen) atoms. The Bertz CT molecular complexity index is 838. The molecule has 3 aromatic rings. The number of para-hydroxylation sites is 1. The highest BCUT2D eigenvalue weighted by atomic mass is 16.5. The number of carbonyl (C=O) groups is 1. The maximum Gasteiger partial charge on any atom is 0.164 e. The molecule has 0 fully saturated rings. The van der Waals surface area contributed by atoms with Crippen molar-refractivity contribution in [2.24, 2.45) is 0 Å². The van der Waals surface area contributed by atoms with Gasteiger partial charge in [0.25, 0.3) is 0 Å². The van der Waals surface area contributed by atoms with Crippen molar-refractivity contribution in [2.45, 2.75) is 19.8 Å². The van der Waals surface area contributed by atoms with E-state index >= 15 is 0 Å². The number of hydrogen-bond donors (Lipinski definition) is 0. The van der Waals surface area contributed by atoms with E-state index in [-0.39, 0.29) is 5.78 Å². The molecule has 2 heterocycles. The lowest BCUT2D eigenvalue weighted by Crippen LogP contribution is -2.01. The summed E-state index contributed by atoms with van der Waals surface area (Å²) in [5, 5.41) is 4.08. The number of methoxy groups -OCH3 is 1. The van der Waals surface area contributed by atoms with E-state index in [9.17, 15) is 4.79 Å². The average molecular weight is 322 g/mol. The Kier molecular flexibility index (Phi) is 4.70. The molecule has 0 saturated carbocycles. The second-order valence-corrected chi connectivity index (χ2v) is 5.49. The molecule has 0 unspecified atom stereocenters. The molecule has 1 aromatic carbocycles. The smallest absolute Gasteiger partial charge is 0.164 e. The van der Waals surface area contributed by atoms with Gasteiger partial charge in [-0.2, -0.15) is 0 Å². The van der Waals surface area contributed by atoms with Crippen molar-refractivity contribution >= 4 is 5.78 Å². The van der Waals surface area contributed by atoms with E-state index in [1.54, 1.807) is 19.4 Å². The number of hydrogen-bond acceptors (Lipinski definition) is 5. The number of nitrogens with zero attached hydrogens (tertiary/aromatic N) is 2. The average Bonchev–Trinajstić information content (AvgIpc) is 3.09. The molecule has 3 rings (SSSR count). The zero-order chi connectivity index (χ0) is 16.9. The Labute approximate surface area is 140 Å². The first-order chi connectivity index (χ1) is 11.7. The fourth-order valence-electron chi connectivity index (χ4n) is 2.43. The third-order valence-electron chi connectivity index (χ3n) is 3.77. The summed E-state index contributed by atoms with van der Waals surface area (Å²) in [7, 11) is 1.62. The van der Waals surface area contributed by atoms with Crippen molar-refractivity contribution in [1.82, 2.24) is 10.1 Å². The molecule has 122 valence electrons.